The number of thiazole rings is 1. The second-order valence-electron chi connectivity index (χ2n) is 6.28. The molecule has 0 fully saturated rings. The molecule has 0 aliphatic carbocycles. The SMILES string of the molecule is O=C(Cc1ccc(-n2cccc2)cc1)Nc1ncc(Cc2ccccc2)s1. The Labute approximate surface area is 162 Å². The first-order valence-electron chi connectivity index (χ1n) is 8.77. The number of nitrogens with one attached hydrogen (secondary N) is 1. The van der Waals surface area contributed by atoms with E-state index in [1.54, 1.807) is 0 Å². The fraction of sp³-hybridized carbons (Fsp3) is 0.0909. The van der Waals surface area contributed by atoms with Gasteiger partial charge in [0.1, 0.15) is 0 Å². The first-order chi connectivity index (χ1) is 13.3. The summed E-state index contributed by atoms with van der Waals surface area (Å²) in [6.45, 7) is 0. The van der Waals surface area contributed by atoms with Crippen molar-refractivity contribution in [1.82, 2.24) is 9.55 Å². The van der Waals surface area contributed by atoms with E-state index in [9.17, 15) is 4.79 Å². The van der Waals surface area contributed by atoms with Gasteiger partial charge in [0.05, 0.1) is 6.42 Å². The van der Waals surface area contributed by atoms with Gasteiger partial charge in [0.25, 0.3) is 0 Å². The van der Waals surface area contributed by atoms with E-state index in [-0.39, 0.29) is 5.91 Å². The third kappa shape index (κ3) is 4.51. The number of aromatic nitrogens is 2. The quantitative estimate of drug-likeness (QED) is 0.532. The number of benzene rings is 2. The van der Waals surface area contributed by atoms with Crippen molar-refractivity contribution in [2.45, 2.75) is 12.8 Å². The lowest BCUT2D eigenvalue weighted by Gasteiger charge is -2.05. The van der Waals surface area contributed by atoms with Gasteiger partial charge in [-0.05, 0) is 35.4 Å². The molecule has 27 heavy (non-hydrogen) atoms. The maximum atomic E-state index is 12.3. The highest BCUT2D eigenvalue weighted by atomic mass is 32.1. The van der Waals surface area contributed by atoms with Crippen LogP contribution in [0.2, 0.25) is 0 Å². The molecule has 0 bridgehead atoms. The van der Waals surface area contributed by atoms with Crippen LogP contribution in [0.5, 0.6) is 0 Å². The normalized spacial score (nSPS) is 10.7. The molecule has 1 amide bonds. The Bertz CT molecular complexity index is 1010. The summed E-state index contributed by atoms with van der Waals surface area (Å²) in [5, 5.41) is 3.55. The minimum atomic E-state index is -0.0516. The molecule has 4 nitrogen and oxygen atoms in total. The van der Waals surface area contributed by atoms with Crippen molar-refractivity contribution in [3.63, 3.8) is 0 Å². The second kappa shape index (κ2) is 8.01. The molecule has 5 heteroatoms. The van der Waals surface area contributed by atoms with E-state index < -0.39 is 0 Å². The molecule has 0 aliphatic heterocycles. The van der Waals surface area contributed by atoms with Crippen LogP contribution < -0.4 is 5.32 Å². The zero-order chi connectivity index (χ0) is 18.5. The summed E-state index contributed by atoms with van der Waals surface area (Å²) < 4.78 is 2.04. The van der Waals surface area contributed by atoms with Gasteiger partial charge in [0.2, 0.25) is 5.91 Å². The van der Waals surface area contributed by atoms with Crippen LogP contribution in [0.25, 0.3) is 5.69 Å². The molecule has 2 heterocycles. The molecule has 1 N–H and O–H groups in total. The first-order valence-corrected chi connectivity index (χ1v) is 9.59. The fourth-order valence-corrected chi connectivity index (χ4v) is 3.75. The minimum absolute atomic E-state index is 0.0516. The average Bonchev–Trinajstić information content (AvgIpc) is 3.36. The highest BCUT2D eigenvalue weighted by Gasteiger charge is 2.08. The zero-order valence-corrected chi connectivity index (χ0v) is 15.5. The number of rotatable bonds is 6. The van der Waals surface area contributed by atoms with Crippen molar-refractivity contribution in [3.05, 3.63) is 101 Å². The van der Waals surface area contributed by atoms with Crippen molar-refractivity contribution in [3.8, 4) is 5.69 Å². The van der Waals surface area contributed by atoms with Gasteiger partial charge in [-0.15, -0.1) is 11.3 Å². The van der Waals surface area contributed by atoms with E-state index in [1.807, 2.05) is 77.8 Å². The van der Waals surface area contributed by atoms with Gasteiger partial charge in [-0.3, -0.25) is 4.79 Å². The van der Waals surface area contributed by atoms with Crippen molar-refractivity contribution in [2.75, 3.05) is 5.32 Å². The van der Waals surface area contributed by atoms with E-state index in [2.05, 4.69) is 22.4 Å². The molecule has 0 radical (unpaired) electrons. The Kier molecular flexibility index (Phi) is 5.12. The van der Waals surface area contributed by atoms with Crippen LogP contribution in [0.4, 0.5) is 5.13 Å². The molecular weight excluding hydrogens is 354 g/mol. The van der Waals surface area contributed by atoms with Crippen LogP contribution >= 0.6 is 11.3 Å². The maximum Gasteiger partial charge on any atom is 0.230 e. The lowest BCUT2D eigenvalue weighted by Crippen LogP contribution is -2.14. The molecule has 0 unspecified atom stereocenters. The molecule has 0 atom stereocenters. The van der Waals surface area contributed by atoms with Gasteiger partial charge >= 0.3 is 0 Å². The van der Waals surface area contributed by atoms with Gasteiger partial charge in [0.15, 0.2) is 5.13 Å². The van der Waals surface area contributed by atoms with Crippen LogP contribution in [0.3, 0.4) is 0 Å². The van der Waals surface area contributed by atoms with Gasteiger partial charge in [0, 0.05) is 35.6 Å². The molecule has 0 spiro atoms. The molecule has 4 rings (SSSR count). The average molecular weight is 373 g/mol. The standard InChI is InChI=1S/C22H19N3OS/c26-21(15-18-8-10-19(11-9-18)25-12-4-5-13-25)24-22-23-16-20(27-22)14-17-6-2-1-3-7-17/h1-13,16H,14-15H2,(H,23,24,26). The summed E-state index contributed by atoms with van der Waals surface area (Å²) in [5.41, 5.74) is 3.29. The Morgan fingerprint density at radius 2 is 1.67 bits per heavy atom. The van der Waals surface area contributed by atoms with Crippen LogP contribution in [-0.4, -0.2) is 15.5 Å². The number of hydrogen-bond donors (Lipinski definition) is 1. The molecule has 134 valence electrons. The summed E-state index contributed by atoms with van der Waals surface area (Å²) in [5.74, 6) is -0.0516. The summed E-state index contributed by atoms with van der Waals surface area (Å²) in [7, 11) is 0. The van der Waals surface area contributed by atoms with Crippen LogP contribution in [0.1, 0.15) is 16.0 Å². The smallest absolute Gasteiger partial charge is 0.230 e. The van der Waals surface area contributed by atoms with Gasteiger partial charge in [-0.1, -0.05) is 42.5 Å². The van der Waals surface area contributed by atoms with E-state index >= 15 is 0 Å². The Morgan fingerprint density at radius 3 is 2.41 bits per heavy atom. The number of carbonyl (C=O) groups is 1. The number of anilines is 1. The summed E-state index contributed by atoms with van der Waals surface area (Å²) in [6.07, 6.45) is 6.99. The predicted octanol–water partition coefficient (Wildman–Crippen LogP) is 4.71. The highest BCUT2D eigenvalue weighted by molar-refractivity contribution is 7.15. The first kappa shape index (κ1) is 17.2. The highest BCUT2D eigenvalue weighted by Crippen LogP contribution is 2.21. The second-order valence-corrected chi connectivity index (χ2v) is 7.39. The van der Waals surface area contributed by atoms with Crippen molar-refractivity contribution in [1.29, 1.82) is 0 Å². The van der Waals surface area contributed by atoms with Crippen LogP contribution in [0.15, 0.2) is 85.3 Å². The number of amides is 1. The van der Waals surface area contributed by atoms with Crippen molar-refractivity contribution < 1.29 is 4.79 Å². The molecule has 0 saturated heterocycles. The van der Waals surface area contributed by atoms with Crippen LogP contribution in [-0.2, 0) is 17.6 Å². The third-order valence-electron chi connectivity index (χ3n) is 4.22. The summed E-state index contributed by atoms with van der Waals surface area (Å²) in [4.78, 5) is 17.8. The third-order valence-corrected chi connectivity index (χ3v) is 5.14. The monoisotopic (exact) mass is 373 g/mol. The molecule has 0 aliphatic rings. The van der Waals surface area contributed by atoms with Gasteiger partial charge in [-0.25, -0.2) is 4.98 Å². The lowest BCUT2D eigenvalue weighted by atomic mass is 10.1. The van der Waals surface area contributed by atoms with E-state index in [1.165, 1.54) is 16.9 Å². The lowest BCUT2D eigenvalue weighted by molar-refractivity contribution is -0.115. The minimum Gasteiger partial charge on any atom is -0.324 e. The molecule has 2 aromatic heterocycles. The van der Waals surface area contributed by atoms with E-state index in [0.29, 0.717) is 11.6 Å². The summed E-state index contributed by atoms with van der Waals surface area (Å²) >= 11 is 1.52. The zero-order valence-electron chi connectivity index (χ0n) is 14.7. The molecule has 0 saturated carbocycles. The number of carbonyl (C=O) groups excluding carboxylic acids is 1. The fourth-order valence-electron chi connectivity index (χ4n) is 2.89. The van der Waals surface area contributed by atoms with E-state index in [4.69, 9.17) is 0 Å². The largest absolute Gasteiger partial charge is 0.324 e. The number of hydrogen-bond acceptors (Lipinski definition) is 3. The summed E-state index contributed by atoms with van der Waals surface area (Å²) in [6, 6.07) is 22.2. The molecule has 2 aromatic carbocycles. The topological polar surface area (TPSA) is 46.9 Å². The Hall–Kier alpha value is -3.18. The Morgan fingerprint density at radius 1 is 0.926 bits per heavy atom. The molecular formula is C22H19N3OS. The van der Waals surface area contributed by atoms with Crippen LogP contribution in [0, 0.1) is 0 Å². The maximum absolute atomic E-state index is 12.3. The molecule has 4 aromatic rings. The van der Waals surface area contributed by atoms with Crippen molar-refractivity contribution >= 4 is 22.4 Å². The predicted molar refractivity (Wildman–Crippen MR) is 109 cm³/mol. The Balaban J connectivity index is 1.34. The van der Waals surface area contributed by atoms with E-state index in [0.717, 1.165) is 22.5 Å². The number of nitrogens with zero attached hydrogens (tertiary/aromatic N) is 2. The van der Waals surface area contributed by atoms with Crippen molar-refractivity contribution in [2.24, 2.45) is 0 Å². The van der Waals surface area contributed by atoms with Gasteiger partial charge < -0.3 is 9.88 Å². The van der Waals surface area contributed by atoms with Gasteiger partial charge in [-0.2, -0.15) is 0 Å².